The normalized spacial score (nSPS) is 13.0. The fraction of sp³-hybridized carbons (Fsp3) is 0.440. The van der Waals surface area contributed by atoms with Crippen LogP contribution in [0.25, 0.3) is 10.9 Å². The highest BCUT2D eigenvalue weighted by atomic mass is 32.1. The van der Waals surface area contributed by atoms with E-state index in [1.807, 2.05) is 28.9 Å². The third-order valence-electron chi connectivity index (χ3n) is 6.50. The van der Waals surface area contributed by atoms with Gasteiger partial charge in [-0.3, -0.25) is 9.69 Å². The SMILES string of the molecule is CC[C@H](c1nnnn1C(C)(C)CC)N(Cc1cccs1)Cc1cc2cc(OC)ccc2[nH]c1=O. The predicted octanol–water partition coefficient (Wildman–Crippen LogP) is 4.88. The van der Waals surface area contributed by atoms with Crippen LogP contribution in [-0.2, 0) is 18.6 Å². The molecule has 1 N–H and O–H groups in total. The van der Waals surface area contributed by atoms with Gasteiger partial charge >= 0.3 is 0 Å². The molecule has 8 nitrogen and oxygen atoms in total. The number of aromatic amines is 1. The van der Waals surface area contributed by atoms with E-state index in [2.05, 4.69) is 70.6 Å². The second kappa shape index (κ2) is 10.1. The van der Waals surface area contributed by atoms with Crippen LogP contribution in [0.3, 0.4) is 0 Å². The Morgan fingerprint density at radius 1 is 1.21 bits per heavy atom. The van der Waals surface area contributed by atoms with Gasteiger partial charge in [0.2, 0.25) is 0 Å². The van der Waals surface area contributed by atoms with Crippen molar-refractivity contribution in [1.82, 2.24) is 30.1 Å². The summed E-state index contributed by atoms with van der Waals surface area (Å²) in [6.07, 6.45) is 1.71. The number of benzene rings is 1. The zero-order valence-electron chi connectivity index (χ0n) is 20.4. The molecule has 0 bridgehead atoms. The molecule has 0 amide bonds. The van der Waals surface area contributed by atoms with Crippen LogP contribution < -0.4 is 10.3 Å². The minimum Gasteiger partial charge on any atom is -0.497 e. The molecular formula is C25H32N6O2S. The van der Waals surface area contributed by atoms with Gasteiger partial charge in [-0.1, -0.05) is 19.9 Å². The van der Waals surface area contributed by atoms with Gasteiger partial charge < -0.3 is 9.72 Å². The molecule has 3 heterocycles. The van der Waals surface area contributed by atoms with E-state index in [1.54, 1.807) is 18.4 Å². The average Bonchev–Trinajstić information content (AvgIpc) is 3.52. The third kappa shape index (κ3) is 4.90. The molecule has 0 aliphatic carbocycles. The molecule has 0 unspecified atom stereocenters. The first-order valence-corrected chi connectivity index (χ1v) is 12.5. The average molecular weight is 481 g/mol. The Bertz CT molecular complexity index is 1290. The maximum absolute atomic E-state index is 13.0. The summed E-state index contributed by atoms with van der Waals surface area (Å²) >= 11 is 1.71. The van der Waals surface area contributed by atoms with Gasteiger partial charge in [-0.05, 0) is 72.8 Å². The fourth-order valence-electron chi connectivity index (χ4n) is 4.16. The van der Waals surface area contributed by atoms with Gasteiger partial charge in [0.25, 0.3) is 5.56 Å². The van der Waals surface area contributed by atoms with Gasteiger partial charge in [0, 0.05) is 34.4 Å². The van der Waals surface area contributed by atoms with Crippen molar-refractivity contribution in [1.29, 1.82) is 0 Å². The van der Waals surface area contributed by atoms with E-state index in [4.69, 9.17) is 4.74 Å². The number of tetrazole rings is 1. The Morgan fingerprint density at radius 2 is 2.03 bits per heavy atom. The number of H-pyrrole nitrogens is 1. The van der Waals surface area contributed by atoms with E-state index < -0.39 is 0 Å². The van der Waals surface area contributed by atoms with E-state index in [0.717, 1.165) is 35.3 Å². The van der Waals surface area contributed by atoms with Gasteiger partial charge in [0.05, 0.1) is 18.7 Å². The van der Waals surface area contributed by atoms with Gasteiger partial charge in [0.1, 0.15) is 5.75 Å². The van der Waals surface area contributed by atoms with Crippen LogP contribution in [-0.4, -0.2) is 37.2 Å². The summed E-state index contributed by atoms with van der Waals surface area (Å²) in [7, 11) is 1.64. The number of rotatable bonds is 10. The van der Waals surface area contributed by atoms with Crippen molar-refractivity contribution in [3.8, 4) is 5.75 Å². The number of fused-ring (bicyclic) bond motifs is 1. The zero-order valence-corrected chi connectivity index (χ0v) is 21.2. The maximum Gasteiger partial charge on any atom is 0.252 e. The summed E-state index contributed by atoms with van der Waals surface area (Å²) in [5.74, 6) is 1.58. The molecule has 0 radical (unpaired) electrons. The summed E-state index contributed by atoms with van der Waals surface area (Å²) in [5, 5.41) is 15.8. The van der Waals surface area contributed by atoms with Crippen molar-refractivity contribution < 1.29 is 4.74 Å². The summed E-state index contributed by atoms with van der Waals surface area (Å²) in [6, 6.07) is 11.8. The van der Waals surface area contributed by atoms with Crippen LogP contribution in [0.4, 0.5) is 0 Å². The van der Waals surface area contributed by atoms with E-state index >= 15 is 0 Å². The lowest BCUT2D eigenvalue weighted by Gasteiger charge is -2.32. The maximum atomic E-state index is 13.0. The highest BCUT2D eigenvalue weighted by Crippen LogP contribution is 2.31. The van der Waals surface area contributed by atoms with Gasteiger partial charge in [0.15, 0.2) is 5.82 Å². The van der Waals surface area contributed by atoms with Crippen molar-refractivity contribution in [2.45, 2.75) is 65.2 Å². The van der Waals surface area contributed by atoms with Crippen molar-refractivity contribution in [3.05, 3.63) is 68.4 Å². The molecule has 4 rings (SSSR count). The van der Waals surface area contributed by atoms with Crippen molar-refractivity contribution >= 4 is 22.2 Å². The van der Waals surface area contributed by atoms with Gasteiger partial charge in [-0.2, -0.15) is 0 Å². The number of pyridine rings is 1. The van der Waals surface area contributed by atoms with Gasteiger partial charge in [-0.25, -0.2) is 4.68 Å². The summed E-state index contributed by atoms with van der Waals surface area (Å²) in [6.45, 7) is 9.73. The van der Waals surface area contributed by atoms with Crippen molar-refractivity contribution in [2.24, 2.45) is 0 Å². The summed E-state index contributed by atoms with van der Waals surface area (Å²) in [4.78, 5) is 19.6. The van der Waals surface area contributed by atoms with Gasteiger partial charge in [-0.15, -0.1) is 16.4 Å². The second-order valence-electron chi connectivity index (χ2n) is 9.10. The second-order valence-corrected chi connectivity index (χ2v) is 10.1. The summed E-state index contributed by atoms with van der Waals surface area (Å²) in [5.41, 5.74) is 1.19. The highest BCUT2D eigenvalue weighted by molar-refractivity contribution is 7.09. The number of nitrogens with zero attached hydrogens (tertiary/aromatic N) is 5. The first-order valence-electron chi connectivity index (χ1n) is 11.6. The van der Waals surface area contributed by atoms with Crippen LogP contribution in [0.2, 0.25) is 0 Å². The molecule has 0 fully saturated rings. The Morgan fingerprint density at radius 3 is 2.71 bits per heavy atom. The van der Waals surface area contributed by atoms with E-state index in [0.29, 0.717) is 18.7 Å². The Kier molecular flexibility index (Phi) is 7.13. The van der Waals surface area contributed by atoms with Crippen LogP contribution in [0.5, 0.6) is 5.75 Å². The molecule has 1 atom stereocenters. The lowest BCUT2D eigenvalue weighted by molar-refractivity contribution is 0.152. The molecule has 180 valence electrons. The number of thiophene rings is 1. The molecule has 9 heteroatoms. The number of ether oxygens (including phenoxy) is 1. The molecule has 3 aromatic heterocycles. The summed E-state index contributed by atoms with van der Waals surface area (Å²) < 4.78 is 7.32. The van der Waals surface area contributed by atoms with Crippen molar-refractivity contribution in [2.75, 3.05) is 7.11 Å². The lowest BCUT2D eigenvalue weighted by atomic mass is 10.0. The molecule has 0 spiro atoms. The third-order valence-corrected chi connectivity index (χ3v) is 7.36. The molecule has 0 aliphatic heterocycles. The zero-order chi connectivity index (χ0) is 24.3. The van der Waals surface area contributed by atoms with E-state index in [-0.39, 0.29) is 17.1 Å². The Hall–Kier alpha value is -3.04. The molecule has 0 saturated carbocycles. The molecule has 1 aromatic carbocycles. The minimum absolute atomic E-state index is 0.0525. The quantitative estimate of drug-likeness (QED) is 0.348. The minimum atomic E-state index is -0.210. The smallest absolute Gasteiger partial charge is 0.252 e. The van der Waals surface area contributed by atoms with Crippen LogP contribution in [0.15, 0.2) is 46.6 Å². The van der Waals surface area contributed by atoms with Crippen LogP contribution in [0, 0.1) is 0 Å². The Labute approximate surface area is 203 Å². The number of methoxy groups -OCH3 is 1. The highest BCUT2D eigenvalue weighted by Gasteiger charge is 2.31. The van der Waals surface area contributed by atoms with E-state index in [9.17, 15) is 4.79 Å². The molecule has 0 aliphatic rings. The number of nitrogens with one attached hydrogen (secondary N) is 1. The van der Waals surface area contributed by atoms with Crippen LogP contribution in [0.1, 0.15) is 62.8 Å². The first-order chi connectivity index (χ1) is 16.4. The molecule has 34 heavy (non-hydrogen) atoms. The van der Waals surface area contributed by atoms with E-state index in [1.165, 1.54) is 4.88 Å². The molecule has 4 aromatic rings. The topological polar surface area (TPSA) is 88.9 Å². The predicted molar refractivity (Wildman–Crippen MR) is 135 cm³/mol. The molecular weight excluding hydrogens is 448 g/mol. The number of aromatic nitrogens is 5. The van der Waals surface area contributed by atoms with Crippen molar-refractivity contribution in [3.63, 3.8) is 0 Å². The Balaban J connectivity index is 1.76. The number of hydrogen-bond donors (Lipinski definition) is 1. The van der Waals surface area contributed by atoms with Crippen LogP contribution >= 0.6 is 11.3 Å². The lowest BCUT2D eigenvalue weighted by Crippen LogP contribution is -2.35. The standard InChI is InChI=1S/C25H32N6O2S/c1-6-22(23-27-28-29-31(23)25(3,4)7-2)30(16-20-9-8-12-34-20)15-18-13-17-14-19(33-5)10-11-21(17)26-24(18)32/h8-14,22H,6-7,15-16H2,1-5H3,(H,26,32)/t22-/m1/s1. The first kappa shape index (κ1) is 24.1. The molecule has 0 saturated heterocycles. The fourth-order valence-corrected chi connectivity index (χ4v) is 4.89. The number of hydrogen-bond acceptors (Lipinski definition) is 7. The monoisotopic (exact) mass is 480 g/mol. The largest absolute Gasteiger partial charge is 0.497 e.